The van der Waals surface area contributed by atoms with Crippen LogP contribution in [0.1, 0.15) is 18.0 Å². The Labute approximate surface area is 84.1 Å². The molecule has 1 rings (SSSR count). The lowest BCUT2D eigenvalue weighted by Crippen LogP contribution is -2.17. The van der Waals surface area contributed by atoms with Gasteiger partial charge in [-0.2, -0.15) is 0 Å². The van der Waals surface area contributed by atoms with Gasteiger partial charge in [-0.1, -0.05) is 11.6 Å². The van der Waals surface area contributed by atoms with Gasteiger partial charge in [0.2, 0.25) is 0 Å². The van der Waals surface area contributed by atoms with E-state index in [-0.39, 0.29) is 18.1 Å². The average molecular weight is 220 g/mol. The Balaban J connectivity index is 2.94. The fourth-order valence-corrected chi connectivity index (χ4v) is 1.46. The van der Waals surface area contributed by atoms with Crippen molar-refractivity contribution < 1.29 is 9.90 Å². The van der Waals surface area contributed by atoms with Crippen LogP contribution in [0, 0.1) is 0 Å². The van der Waals surface area contributed by atoms with E-state index < -0.39 is 17.6 Å². The zero-order valence-corrected chi connectivity index (χ0v) is 7.97. The number of aromatic nitrogens is 2. The Kier molecular flexibility index (Phi) is 3.32. The van der Waals surface area contributed by atoms with Crippen LogP contribution in [0.3, 0.4) is 0 Å². The van der Waals surface area contributed by atoms with Gasteiger partial charge in [0.1, 0.15) is 5.15 Å². The average Bonchev–Trinajstić information content (AvgIpc) is 2.41. The van der Waals surface area contributed by atoms with E-state index in [0.29, 0.717) is 5.69 Å². The first kappa shape index (κ1) is 10.8. The zero-order chi connectivity index (χ0) is 10.7. The Hall–Kier alpha value is -1.27. The summed E-state index contributed by atoms with van der Waals surface area (Å²) >= 11 is 5.67. The summed E-state index contributed by atoms with van der Waals surface area (Å²) in [5, 5.41) is 8.69. The van der Waals surface area contributed by atoms with Gasteiger partial charge in [-0.3, -0.25) is 9.78 Å². The predicted octanol–water partition coefficient (Wildman–Crippen LogP) is -0.127. The van der Waals surface area contributed by atoms with E-state index in [0.717, 1.165) is 0 Å². The summed E-state index contributed by atoms with van der Waals surface area (Å²) in [6.07, 6.45) is -0.163. The number of H-pyrrole nitrogens is 2. The van der Waals surface area contributed by atoms with Crippen molar-refractivity contribution in [3.8, 4) is 0 Å². The molecule has 1 atom stereocenters. The highest BCUT2D eigenvalue weighted by molar-refractivity contribution is 6.30. The van der Waals surface area contributed by atoms with Crippen molar-refractivity contribution >= 4 is 17.6 Å². The highest BCUT2D eigenvalue weighted by Crippen LogP contribution is 2.21. The lowest BCUT2D eigenvalue weighted by atomic mass is 10.0. The third-order valence-electron chi connectivity index (χ3n) is 1.82. The predicted molar refractivity (Wildman–Crippen MR) is 50.5 cm³/mol. The number of carbonyl (C=O) groups is 1. The van der Waals surface area contributed by atoms with Gasteiger partial charge in [-0.15, -0.1) is 0 Å². The smallest absolute Gasteiger partial charge is 0.324 e. The number of aliphatic carboxylic acids is 1. The van der Waals surface area contributed by atoms with Gasteiger partial charge in [0.15, 0.2) is 0 Å². The number of carboxylic acids is 1. The molecule has 0 fully saturated rings. The third-order valence-corrected chi connectivity index (χ3v) is 2.12. The second-order valence-electron chi connectivity index (χ2n) is 2.84. The molecule has 78 valence electrons. The number of nitrogens with one attached hydrogen (secondary N) is 2. The van der Waals surface area contributed by atoms with Crippen molar-refractivity contribution in [1.29, 1.82) is 0 Å². The van der Waals surface area contributed by atoms with Crippen molar-refractivity contribution in [1.82, 2.24) is 9.97 Å². The second kappa shape index (κ2) is 4.30. The molecular weight excluding hydrogens is 210 g/mol. The third kappa shape index (κ3) is 2.36. The molecule has 1 heterocycles. The second-order valence-corrected chi connectivity index (χ2v) is 3.22. The number of halogens is 1. The summed E-state index contributed by atoms with van der Waals surface area (Å²) in [4.78, 5) is 26.0. The molecule has 1 aromatic heterocycles. The quantitative estimate of drug-likeness (QED) is 0.565. The summed E-state index contributed by atoms with van der Waals surface area (Å²) in [5.41, 5.74) is 5.26. The molecule has 0 radical (unpaired) electrons. The van der Waals surface area contributed by atoms with E-state index in [4.69, 9.17) is 22.4 Å². The van der Waals surface area contributed by atoms with Crippen LogP contribution in [0.25, 0.3) is 0 Å². The monoisotopic (exact) mass is 219 g/mol. The summed E-state index contributed by atoms with van der Waals surface area (Å²) in [5.74, 6) is -1.46. The zero-order valence-electron chi connectivity index (χ0n) is 7.21. The number of nitrogens with two attached hydrogens (primary N) is 1. The molecule has 0 aliphatic rings. The molecule has 0 saturated carbocycles. The van der Waals surface area contributed by atoms with Gasteiger partial charge >= 0.3 is 11.7 Å². The molecular formula is C7H10ClN3O3. The Bertz CT molecular complexity index is 384. The number of aromatic amines is 2. The van der Waals surface area contributed by atoms with E-state index in [2.05, 4.69) is 9.97 Å². The maximum Gasteiger partial charge on any atom is 0.324 e. The van der Waals surface area contributed by atoms with Gasteiger partial charge in [0, 0.05) is 12.5 Å². The van der Waals surface area contributed by atoms with E-state index in [1.165, 1.54) is 0 Å². The van der Waals surface area contributed by atoms with Crippen LogP contribution < -0.4 is 11.4 Å². The van der Waals surface area contributed by atoms with Crippen molar-refractivity contribution in [3.05, 3.63) is 21.3 Å². The van der Waals surface area contributed by atoms with Crippen LogP contribution in [-0.2, 0) is 4.79 Å². The molecule has 0 spiro atoms. The number of imidazole rings is 1. The molecule has 0 saturated heterocycles. The van der Waals surface area contributed by atoms with Gasteiger partial charge in [0.25, 0.3) is 0 Å². The van der Waals surface area contributed by atoms with Gasteiger partial charge in [-0.05, 0) is 0 Å². The molecule has 0 bridgehead atoms. The van der Waals surface area contributed by atoms with E-state index in [1.54, 1.807) is 0 Å². The van der Waals surface area contributed by atoms with E-state index >= 15 is 0 Å². The Morgan fingerprint density at radius 1 is 1.57 bits per heavy atom. The maximum absolute atomic E-state index is 10.8. The number of hydrogen-bond acceptors (Lipinski definition) is 3. The molecule has 0 aliphatic heterocycles. The van der Waals surface area contributed by atoms with Gasteiger partial charge < -0.3 is 15.8 Å². The van der Waals surface area contributed by atoms with Crippen LogP contribution in [0.4, 0.5) is 0 Å². The summed E-state index contributed by atoms with van der Waals surface area (Å²) < 4.78 is 0. The SMILES string of the molecule is NCC(CC(=O)O)c1[nH]c(=O)[nH]c1Cl. The van der Waals surface area contributed by atoms with E-state index in [9.17, 15) is 9.59 Å². The lowest BCUT2D eigenvalue weighted by molar-refractivity contribution is -0.137. The number of rotatable bonds is 4. The minimum atomic E-state index is -0.987. The van der Waals surface area contributed by atoms with Crippen molar-refractivity contribution in [2.75, 3.05) is 6.54 Å². The fourth-order valence-electron chi connectivity index (χ4n) is 1.17. The normalized spacial score (nSPS) is 12.7. The Morgan fingerprint density at radius 2 is 2.21 bits per heavy atom. The number of carboxylic acid groups (broad SMARTS) is 1. The van der Waals surface area contributed by atoms with Crippen LogP contribution in [0.15, 0.2) is 4.79 Å². The van der Waals surface area contributed by atoms with Crippen LogP contribution in [-0.4, -0.2) is 27.6 Å². The highest BCUT2D eigenvalue weighted by Gasteiger charge is 2.19. The van der Waals surface area contributed by atoms with Crippen LogP contribution in [0.2, 0.25) is 5.15 Å². The molecule has 0 aliphatic carbocycles. The minimum absolute atomic E-state index is 0.111. The molecule has 5 N–H and O–H groups in total. The minimum Gasteiger partial charge on any atom is -0.481 e. The standard InChI is InChI=1S/C7H10ClN3O3/c8-6-5(10-7(14)11-6)3(2-9)1-4(12)13/h3H,1-2,9H2,(H,12,13)(H2,10,11,14). The molecule has 14 heavy (non-hydrogen) atoms. The van der Waals surface area contributed by atoms with Gasteiger partial charge in [-0.25, -0.2) is 4.79 Å². The van der Waals surface area contributed by atoms with Crippen LogP contribution >= 0.6 is 11.6 Å². The first-order chi connectivity index (χ1) is 6.54. The maximum atomic E-state index is 10.8. The van der Waals surface area contributed by atoms with Crippen molar-refractivity contribution in [3.63, 3.8) is 0 Å². The summed E-state index contributed by atoms with van der Waals surface area (Å²) in [6, 6.07) is 0. The summed E-state index contributed by atoms with van der Waals surface area (Å²) in [7, 11) is 0. The molecule has 1 aromatic rings. The molecule has 1 unspecified atom stereocenters. The van der Waals surface area contributed by atoms with E-state index in [1.807, 2.05) is 0 Å². The first-order valence-electron chi connectivity index (χ1n) is 3.94. The van der Waals surface area contributed by atoms with Crippen molar-refractivity contribution in [2.45, 2.75) is 12.3 Å². The lowest BCUT2D eigenvalue weighted by Gasteiger charge is -2.09. The largest absolute Gasteiger partial charge is 0.481 e. The highest BCUT2D eigenvalue weighted by atomic mass is 35.5. The molecule has 0 amide bonds. The first-order valence-corrected chi connectivity index (χ1v) is 4.32. The van der Waals surface area contributed by atoms with Crippen molar-refractivity contribution in [2.24, 2.45) is 5.73 Å². The summed E-state index contributed by atoms with van der Waals surface area (Å²) in [6.45, 7) is 0.111. The number of hydrogen-bond donors (Lipinski definition) is 4. The molecule has 6 nitrogen and oxygen atoms in total. The topological polar surface area (TPSA) is 112 Å². The Morgan fingerprint density at radius 3 is 2.57 bits per heavy atom. The van der Waals surface area contributed by atoms with Gasteiger partial charge in [0.05, 0.1) is 12.1 Å². The molecule has 7 heteroatoms. The molecule has 0 aromatic carbocycles. The van der Waals surface area contributed by atoms with Crippen LogP contribution in [0.5, 0.6) is 0 Å². The fraction of sp³-hybridized carbons (Fsp3) is 0.429.